The molecule has 0 saturated heterocycles. The Balaban J connectivity index is 2.43. The first-order valence-corrected chi connectivity index (χ1v) is 6.59. The van der Waals surface area contributed by atoms with Crippen molar-refractivity contribution in [3.05, 3.63) is 35.9 Å². The van der Waals surface area contributed by atoms with Crippen molar-refractivity contribution in [3.63, 3.8) is 0 Å². The standard InChI is InChI=1S/C15H22N2O3/c1-17-15(12-16,14-6-4-3-5-7-14)13-20-11-10-19-9-8-18-2/h3-7,17H,8-11,13H2,1-2H3. The van der Waals surface area contributed by atoms with Crippen LogP contribution in [0.15, 0.2) is 30.3 Å². The smallest absolute Gasteiger partial charge is 0.155 e. The Hall–Kier alpha value is -1.45. The van der Waals surface area contributed by atoms with Gasteiger partial charge in [0, 0.05) is 7.11 Å². The number of nitrogens with zero attached hydrogens (tertiary/aromatic N) is 1. The molecule has 20 heavy (non-hydrogen) atoms. The highest BCUT2D eigenvalue weighted by Crippen LogP contribution is 2.20. The topological polar surface area (TPSA) is 63.5 Å². The van der Waals surface area contributed by atoms with E-state index in [0.717, 1.165) is 5.56 Å². The molecule has 0 bridgehead atoms. The minimum atomic E-state index is -0.826. The van der Waals surface area contributed by atoms with Gasteiger partial charge >= 0.3 is 0 Å². The van der Waals surface area contributed by atoms with Crippen molar-refractivity contribution in [1.29, 1.82) is 5.26 Å². The average molecular weight is 278 g/mol. The second-order valence-corrected chi connectivity index (χ2v) is 4.29. The van der Waals surface area contributed by atoms with E-state index >= 15 is 0 Å². The van der Waals surface area contributed by atoms with Crippen molar-refractivity contribution < 1.29 is 14.2 Å². The van der Waals surface area contributed by atoms with Crippen LogP contribution in [-0.2, 0) is 19.7 Å². The van der Waals surface area contributed by atoms with Crippen molar-refractivity contribution in [3.8, 4) is 6.07 Å². The van der Waals surface area contributed by atoms with Crippen LogP contribution >= 0.6 is 0 Å². The molecule has 0 aliphatic carbocycles. The SMILES string of the molecule is CNC(C#N)(COCCOCCOC)c1ccccc1. The van der Waals surface area contributed by atoms with Crippen molar-refractivity contribution in [2.45, 2.75) is 5.54 Å². The van der Waals surface area contributed by atoms with Gasteiger partial charge in [-0.2, -0.15) is 5.26 Å². The maximum absolute atomic E-state index is 9.46. The summed E-state index contributed by atoms with van der Waals surface area (Å²) in [7, 11) is 3.39. The normalized spacial score (nSPS) is 13.7. The van der Waals surface area contributed by atoms with Gasteiger partial charge in [0.25, 0.3) is 0 Å². The molecule has 1 aromatic carbocycles. The lowest BCUT2D eigenvalue weighted by Crippen LogP contribution is -2.43. The molecule has 0 heterocycles. The monoisotopic (exact) mass is 278 g/mol. The number of hydrogen-bond acceptors (Lipinski definition) is 5. The number of rotatable bonds is 10. The van der Waals surface area contributed by atoms with Gasteiger partial charge in [0.1, 0.15) is 0 Å². The molecule has 0 radical (unpaired) electrons. The summed E-state index contributed by atoms with van der Waals surface area (Å²) >= 11 is 0. The molecular weight excluding hydrogens is 256 g/mol. The Morgan fingerprint density at radius 3 is 2.35 bits per heavy atom. The van der Waals surface area contributed by atoms with E-state index in [9.17, 15) is 5.26 Å². The molecule has 0 saturated carbocycles. The number of ether oxygens (including phenoxy) is 3. The van der Waals surface area contributed by atoms with E-state index in [1.165, 1.54) is 0 Å². The minimum Gasteiger partial charge on any atom is -0.382 e. The molecule has 5 nitrogen and oxygen atoms in total. The van der Waals surface area contributed by atoms with Crippen LogP contribution in [0, 0.1) is 11.3 Å². The molecule has 0 spiro atoms. The lowest BCUT2D eigenvalue weighted by Gasteiger charge is -2.26. The summed E-state index contributed by atoms with van der Waals surface area (Å²) in [6.07, 6.45) is 0. The van der Waals surface area contributed by atoms with Crippen molar-refractivity contribution in [2.24, 2.45) is 0 Å². The van der Waals surface area contributed by atoms with Crippen LogP contribution < -0.4 is 5.32 Å². The van der Waals surface area contributed by atoms with Gasteiger partial charge in [-0.3, -0.25) is 5.32 Å². The predicted molar refractivity (Wildman–Crippen MR) is 76.3 cm³/mol. The third-order valence-corrected chi connectivity index (χ3v) is 3.01. The molecule has 0 aliphatic heterocycles. The lowest BCUT2D eigenvalue weighted by molar-refractivity contribution is 0.0132. The molecule has 1 atom stereocenters. The number of nitriles is 1. The fourth-order valence-corrected chi connectivity index (χ4v) is 1.76. The largest absolute Gasteiger partial charge is 0.382 e. The van der Waals surface area contributed by atoms with E-state index in [0.29, 0.717) is 26.4 Å². The summed E-state index contributed by atoms with van der Waals surface area (Å²) in [5.74, 6) is 0. The van der Waals surface area contributed by atoms with Crippen LogP contribution in [0.5, 0.6) is 0 Å². The Bertz CT molecular complexity index is 405. The first-order chi connectivity index (χ1) is 9.79. The number of nitrogens with one attached hydrogen (secondary N) is 1. The second-order valence-electron chi connectivity index (χ2n) is 4.29. The Morgan fingerprint density at radius 1 is 1.10 bits per heavy atom. The fourth-order valence-electron chi connectivity index (χ4n) is 1.76. The zero-order chi connectivity index (χ0) is 14.7. The quantitative estimate of drug-likeness (QED) is 0.654. The summed E-state index contributed by atoms with van der Waals surface area (Å²) < 4.78 is 15.7. The third kappa shape index (κ3) is 4.91. The van der Waals surface area contributed by atoms with Gasteiger partial charge in [-0.05, 0) is 12.6 Å². The molecule has 0 fully saturated rings. The maximum atomic E-state index is 9.46. The molecule has 0 aromatic heterocycles. The van der Waals surface area contributed by atoms with Gasteiger partial charge in [-0.1, -0.05) is 30.3 Å². The summed E-state index contributed by atoms with van der Waals surface area (Å²) in [6.45, 7) is 2.33. The molecule has 110 valence electrons. The highest BCUT2D eigenvalue weighted by Gasteiger charge is 2.30. The summed E-state index contributed by atoms with van der Waals surface area (Å²) in [4.78, 5) is 0. The predicted octanol–water partition coefficient (Wildman–Crippen LogP) is 1.30. The molecular formula is C15H22N2O3. The van der Waals surface area contributed by atoms with Crippen LogP contribution in [-0.4, -0.2) is 47.2 Å². The van der Waals surface area contributed by atoms with Crippen molar-refractivity contribution >= 4 is 0 Å². The van der Waals surface area contributed by atoms with Crippen LogP contribution in [0.3, 0.4) is 0 Å². The highest BCUT2D eigenvalue weighted by atomic mass is 16.5. The highest BCUT2D eigenvalue weighted by molar-refractivity contribution is 5.31. The van der Waals surface area contributed by atoms with E-state index in [1.54, 1.807) is 14.2 Å². The minimum absolute atomic E-state index is 0.275. The molecule has 1 unspecified atom stereocenters. The van der Waals surface area contributed by atoms with Gasteiger partial charge in [0.05, 0.1) is 39.1 Å². The number of benzene rings is 1. The lowest BCUT2D eigenvalue weighted by atomic mass is 9.92. The van der Waals surface area contributed by atoms with E-state index in [2.05, 4.69) is 11.4 Å². The first kappa shape index (κ1) is 16.6. The zero-order valence-electron chi connectivity index (χ0n) is 12.1. The van der Waals surface area contributed by atoms with Crippen LogP contribution in [0.25, 0.3) is 0 Å². The molecule has 1 aromatic rings. The van der Waals surface area contributed by atoms with Crippen molar-refractivity contribution in [2.75, 3.05) is 47.2 Å². The Labute approximate surface area is 120 Å². The van der Waals surface area contributed by atoms with Crippen LogP contribution in [0.2, 0.25) is 0 Å². The van der Waals surface area contributed by atoms with Gasteiger partial charge < -0.3 is 14.2 Å². The van der Waals surface area contributed by atoms with E-state index in [-0.39, 0.29) is 6.61 Å². The first-order valence-electron chi connectivity index (χ1n) is 6.59. The van der Waals surface area contributed by atoms with E-state index in [1.807, 2.05) is 30.3 Å². The Morgan fingerprint density at radius 2 is 1.75 bits per heavy atom. The Kier molecular flexibility index (Phi) is 7.85. The van der Waals surface area contributed by atoms with Crippen LogP contribution in [0.1, 0.15) is 5.56 Å². The molecule has 0 aliphatic rings. The van der Waals surface area contributed by atoms with Gasteiger partial charge in [-0.15, -0.1) is 0 Å². The van der Waals surface area contributed by atoms with Gasteiger partial charge in [0.2, 0.25) is 0 Å². The number of hydrogen-bond donors (Lipinski definition) is 1. The molecule has 1 N–H and O–H groups in total. The summed E-state index contributed by atoms with van der Waals surface area (Å²) in [5, 5.41) is 12.5. The zero-order valence-corrected chi connectivity index (χ0v) is 12.1. The summed E-state index contributed by atoms with van der Waals surface area (Å²) in [6, 6.07) is 11.9. The molecule has 5 heteroatoms. The number of methoxy groups -OCH3 is 1. The molecule has 0 amide bonds. The maximum Gasteiger partial charge on any atom is 0.155 e. The second kappa shape index (κ2) is 9.45. The fraction of sp³-hybridized carbons (Fsp3) is 0.533. The average Bonchev–Trinajstić information content (AvgIpc) is 2.52. The van der Waals surface area contributed by atoms with Crippen molar-refractivity contribution in [1.82, 2.24) is 5.32 Å². The van der Waals surface area contributed by atoms with Gasteiger partial charge in [0.15, 0.2) is 5.54 Å². The van der Waals surface area contributed by atoms with E-state index in [4.69, 9.17) is 14.2 Å². The van der Waals surface area contributed by atoms with E-state index < -0.39 is 5.54 Å². The number of likely N-dealkylation sites (N-methyl/N-ethyl adjacent to an activating group) is 1. The van der Waals surface area contributed by atoms with Crippen LogP contribution in [0.4, 0.5) is 0 Å². The third-order valence-electron chi connectivity index (χ3n) is 3.01. The van der Waals surface area contributed by atoms with Gasteiger partial charge in [-0.25, -0.2) is 0 Å². The molecule has 1 rings (SSSR count). The summed E-state index contributed by atoms with van der Waals surface area (Å²) in [5.41, 5.74) is 0.0682.